The Labute approximate surface area is 111 Å². The van der Waals surface area contributed by atoms with Crippen molar-refractivity contribution in [1.29, 1.82) is 0 Å². The number of sulfonamides is 1. The molecule has 0 bridgehead atoms. The van der Waals surface area contributed by atoms with Crippen LogP contribution in [0, 0.1) is 6.92 Å². The van der Waals surface area contributed by atoms with Gasteiger partial charge >= 0.3 is 5.97 Å². The van der Waals surface area contributed by atoms with Gasteiger partial charge in [0, 0.05) is 0 Å². The molecule has 1 aromatic carbocycles. The van der Waals surface area contributed by atoms with Crippen molar-refractivity contribution in [2.45, 2.75) is 18.7 Å². The van der Waals surface area contributed by atoms with Crippen molar-refractivity contribution >= 4 is 21.8 Å². The minimum atomic E-state index is -3.80. The Kier molecular flexibility index (Phi) is 5.20. The maximum atomic E-state index is 11.8. The van der Waals surface area contributed by atoms with Gasteiger partial charge in [0.15, 0.2) is 0 Å². The number of hydrogen-bond acceptors (Lipinski definition) is 5. The van der Waals surface area contributed by atoms with Crippen molar-refractivity contribution in [3.63, 3.8) is 0 Å². The fraction of sp³-hybridized carbons (Fsp3) is 0.333. The van der Waals surface area contributed by atoms with Crippen LogP contribution in [0.5, 0.6) is 0 Å². The molecule has 1 aromatic rings. The second kappa shape index (κ2) is 6.44. The van der Waals surface area contributed by atoms with Crippen LogP contribution < -0.4 is 4.72 Å². The zero-order valence-corrected chi connectivity index (χ0v) is 11.5. The molecule has 0 heterocycles. The summed E-state index contributed by atoms with van der Waals surface area (Å²) in [6.07, 6.45) is 0. The molecule has 0 fully saturated rings. The Hall–Kier alpha value is -1.73. The average Bonchev–Trinajstić information content (AvgIpc) is 2.37. The fourth-order valence-electron chi connectivity index (χ4n) is 1.25. The summed E-state index contributed by atoms with van der Waals surface area (Å²) in [5.41, 5.74) is 0.918. The van der Waals surface area contributed by atoms with E-state index in [-0.39, 0.29) is 11.5 Å². The van der Waals surface area contributed by atoms with Gasteiger partial charge < -0.3 is 4.74 Å². The summed E-state index contributed by atoms with van der Waals surface area (Å²) in [4.78, 5) is 22.3. The van der Waals surface area contributed by atoms with Crippen LogP contribution in [0.25, 0.3) is 0 Å². The number of aryl methyl sites for hydroxylation is 1. The van der Waals surface area contributed by atoms with E-state index in [9.17, 15) is 18.0 Å². The lowest BCUT2D eigenvalue weighted by atomic mass is 10.2. The molecule has 6 nitrogen and oxygen atoms in total. The minimum Gasteiger partial charge on any atom is -0.460 e. The third-order valence-electron chi connectivity index (χ3n) is 2.26. The van der Waals surface area contributed by atoms with Crippen LogP contribution in [0.1, 0.15) is 12.5 Å². The summed E-state index contributed by atoms with van der Waals surface area (Å²) in [7, 11) is -3.80. The first-order valence-corrected chi connectivity index (χ1v) is 7.11. The van der Waals surface area contributed by atoms with Crippen LogP contribution in [-0.2, 0) is 24.3 Å². The first-order valence-electron chi connectivity index (χ1n) is 5.63. The molecule has 0 aliphatic carbocycles. The van der Waals surface area contributed by atoms with E-state index in [4.69, 9.17) is 0 Å². The van der Waals surface area contributed by atoms with Crippen LogP contribution in [-0.4, -0.2) is 33.3 Å². The van der Waals surface area contributed by atoms with E-state index in [1.165, 1.54) is 12.1 Å². The van der Waals surface area contributed by atoms with Gasteiger partial charge in [-0.25, -0.2) is 17.9 Å². The van der Waals surface area contributed by atoms with Gasteiger partial charge in [0.1, 0.15) is 0 Å². The third-order valence-corrected chi connectivity index (χ3v) is 3.67. The average molecular weight is 285 g/mol. The Morgan fingerprint density at radius 3 is 2.32 bits per heavy atom. The zero-order valence-electron chi connectivity index (χ0n) is 10.7. The maximum Gasteiger partial charge on any atom is 0.376 e. The Morgan fingerprint density at radius 1 is 1.21 bits per heavy atom. The molecule has 0 saturated heterocycles. The van der Waals surface area contributed by atoms with E-state index >= 15 is 0 Å². The molecule has 19 heavy (non-hydrogen) atoms. The third kappa shape index (κ3) is 4.46. The first kappa shape index (κ1) is 15.3. The first-order chi connectivity index (χ1) is 8.86. The van der Waals surface area contributed by atoms with E-state index in [1.807, 2.05) is 6.92 Å². The molecule has 7 heteroatoms. The number of hydrogen-bond donors (Lipinski definition) is 1. The summed E-state index contributed by atoms with van der Waals surface area (Å²) in [6.45, 7) is 2.83. The number of carbonyl (C=O) groups is 2. The van der Waals surface area contributed by atoms with Gasteiger partial charge in [-0.3, -0.25) is 4.79 Å². The van der Waals surface area contributed by atoms with Gasteiger partial charge in [-0.15, -0.1) is 0 Å². The van der Waals surface area contributed by atoms with Crippen LogP contribution >= 0.6 is 0 Å². The molecule has 0 aliphatic rings. The largest absolute Gasteiger partial charge is 0.460 e. The molecule has 0 amide bonds. The molecule has 0 atom stereocenters. The van der Waals surface area contributed by atoms with Crippen LogP contribution in [0.15, 0.2) is 29.2 Å². The van der Waals surface area contributed by atoms with Crippen molar-refractivity contribution < 1.29 is 22.7 Å². The number of carbonyl (C=O) groups excluding carboxylic acids is 2. The quantitative estimate of drug-likeness (QED) is 0.604. The number of Topliss-reactive ketones (excluding diaryl/α,β-unsaturated/α-hetero) is 1. The van der Waals surface area contributed by atoms with Crippen molar-refractivity contribution in [3.8, 4) is 0 Å². The van der Waals surface area contributed by atoms with Crippen LogP contribution in [0.3, 0.4) is 0 Å². The summed E-state index contributed by atoms with van der Waals surface area (Å²) in [5.74, 6) is -1.98. The van der Waals surface area contributed by atoms with Crippen molar-refractivity contribution in [3.05, 3.63) is 29.8 Å². The number of esters is 1. The maximum absolute atomic E-state index is 11.8. The van der Waals surface area contributed by atoms with Crippen molar-refractivity contribution in [2.24, 2.45) is 0 Å². The predicted octanol–water partition coefficient (Wildman–Crippen LogP) is 0.406. The molecular weight excluding hydrogens is 270 g/mol. The molecule has 0 saturated carbocycles. The molecular formula is C12H15NO5S. The summed E-state index contributed by atoms with van der Waals surface area (Å²) < 4.78 is 30.1. The highest BCUT2D eigenvalue weighted by Crippen LogP contribution is 2.09. The van der Waals surface area contributed by atoms with Crippen molar-refractivity contribution in [1.82, 2.24) is 4.72 Å². The van der Waals surface area contributed by atoms with Gasteiger partial charge in [-0.05, 0) is 26.0 Å². The highest BCUT2D eigenvalue weighted by molar-refractivity contribution is 7.89. The molecule has 1 rings (SSSR count). The van der Waals surface area contributed by atoms with Gasteiger partial charge in [0.2, 0.25) is 10.0 Å². The summed E-state index contributed by atoms with van der Waals surface area (Å²) in [5, 5.41) is 0. The Bertz CT molecular complexity index is 562. The molecule has 104 valence electrons. The van der Waals surface area contributed by atoms with Crippen molar-refractivity contribution in [2.75, 3.05) is 13.2 Å². The number of nitrogens with one attached hydrogen (secondary N) is 1. The second-order valence-corrected chi connectivity index (χ2v) is 5.55. The van der Waals surface area contributed by atoms with E-state index in [1.54, 1.807) is 19.1 Å². The molecule has 0 radical (unpaired) electrons. The number of benzene rings is 1. The van der Waals surface area contributed by atoms with E-state index in [0.717, 1.165) is 5.56 Å². The van der Waals surface area contributed by atoms with Crippen LogP contribution in [0.4, 0.5) is 0 Å². The highest BCUT2D eigenvalue weighted by atomic mass is 32.2. The second-order valence-electron chi connectivity index (χ2n) is 3.78. The lowest BCUT2D eigenvalue weighted by Crippen LogP contribution is -2.34. The van der Waals surface area contributed by atoms with Gasteiger partial charge in [-0.2, -0.15) is 0 Å². The van der Waals surface area contributed by atoms with Gasteiger partial charge in [0.25, 0.3) is 5.78 Å². The molecule has 1 N–H and O–H groups in total. The smallest absolute Gasteiger partial charge is 0.376 e. The Morgan fingerprint density at radius 2 is 1.79 bits per heavy atom. The lowest BCUT2D eigenvalue weighted by molar-refractivity contribution is -0.152. The SMILES string of the molecule is CCOC(=O)C(=O)CNS(=O)(=O)c1ccc(C)cc1. The summed E-state index contributed by atoms with van der Waals surface area (Å²) >= 11 is 0. The topological polar surface area (TPSA) is 89.5 Å². The van der Waals surface area contributed by atoms with Gasteiger partial charge in [0.05, 0.1) is 18.0 Å². The molecule has 0 spiro atoms. The highest BCUT2D eigenvalue weighted by Gasteiger charge is 2.19. The number of rotatable bonds is 6. The van der Waals surface area contributed by atoms with E-state index < -0.39 is 28.3 Å². The van der Waals surface area contributed by atoms with Crippen LogP contribution in [0.2, 0.25) is 0 Å². The number of ketones is 1. The number of ether oxygens (including phenoxy) is 1. The molecule has 0 aromatic heterocycles. The van der Waals surface area contributed by atoms with Gasteiger partial charge in [-0.1, -0.05) is 17.7 Å². The Balaban J connectivity index is 2.68. The summed E-state index contributed by atoms with van der Waals surface area (Å²) in [6, 6.07) is 6.13. The zero-order chi connectivity index (χ0) is 14.5. The normalized spacial score (nSPS) is 11.1. The standard InChI is InChI=1S/C12H15NO5S/c1-3-18-12(15)11(14)8-13-19(16,17)10-6-4-9(2)5-7-10/h4-7,13H,3,8H2,1-2H3. The van der Waals surface area contributed by atoms with E-state index in [2.05, 4.69) is 9.46 Å². The molecule has 0 aliphatic heterocycles. The predicted molar refractivity (Wildman–Crippen MR) is 68.0 cm³/mol. The minimum absolute atomic E-state index is 0.0368. The monoisotopic (exact) mass is 285 g/mol. The molecule has 0 unspecified atom stereocenters. The lowest BCUT2D eigenvalue weighted by Gasteiger charge is -2.06. The van der Waals surface area contributed by atoms with E-state index in [0.29, 0.717) is 0 Å². The fourth-order valence-corrected chi connectivity index (χ4v) is 2.23.